The summed E-state index contributed by atoms with van der Waals surface area (Å²) >= 11 is 1.36. The number of rotatable bonds is 3. The first kappa shape index (κ1) is 16.7. The molecule has 1 saturated heterocycles. The van der Waals surface area contributed by atoms with Crippen molar-refractivity contribution < 1.29 is 22.5 Å². The van der Waals surface area contributed by atoms with Crippen molar-refractivity contribution in [3.05, 3.63) is 35.6 Å². The Kier molecular flexibility index (Phi) is 4.48. The van der Waals surface area contributed by atoms with E-state index in [1.54, 1.807) is 23.2 Å². The van der Waals surface area contributed by atoms with Gasteiger partial charge < -0.3 is 9.42 Å². The van der Waals surface area contributed by atoms with Gasteiger partial charge in [0.15, 0.2) is 5.82 Å². The summed E-state index contributed by atoms with van der Waals surface area (Å²) < 4.78 is 41.8. The van der Waals surface area contributed by atoms with Gasteiger partial charge in [0.1, 0.15) is 5.03 Å². The monoisotopic (exact) mass is 358 g/mol. The van der Waals surface area contributed by atoms with Crippen LogP contribution in [0.1, 0.15) is 34.4 Å². The second kappa shape index (κ2) is 6.42. The maximum Gasteiger partial charge on any atom is 0.471 e. The molecule has 0 saturated carbocycles. The second-order valence-electron chi connectivity index (χ2n) is 5.25. The van der Waals surface area contributed by atoms with Crippen LogP contribution in [0.15, 0.2) is 27.9 Å². The molecule has 1 aliphatic heterocycles. The molecule has 0 N–H and O–H groups in total. The Hall–Kier alpha value is -2.10. The molecule has 0 bridgehead atoms. The number of carbonyl (C=O) groups is 1. The fourth-order valence-corrected chi connectivity index (χ4v) is 3.10. The molecule has 0 spiro atoms. The predicted molar refractivity (Wildman–Crippen MR) is 78.6 cm³/mol. The van der Waals surface area contributed by atoms with E-state index in [9.17, 15) is 18.0 Å². The Balaban J connectivity index is 1.73. The lowest BCUT2D eigenvalue weighted by Crippen LogP contribution is -2.29. The van der Waals surface area contributed by atoms with E-state index in [1.165, 1.54) is 11.8 Å². The van der Waals surface area contributed by atoms with Crippen molar-refractivity contribution in [2.24, 2.45) is 0 Å². The number of carbonyl (C=O) groups excluding carboxylic acids is 1. The highest BCUT2D eigenvalue weighted by molar-refractivity contribution is 7.98. The van der Waals surface area contributed by atoms with Crippen LogP contribution in [0.5, 0.6) is 0 Å². The smallest absolute Gasteiger partial charge is 0.338 e. The lowest BCUT2D eigenvalue weighted by molar-refractivity contribution is -0.159. The first-order valence-electron chi connectivity index (χ1n) is 7.09. The summed E-state index contributed by atoms with van der Waals surface area (Å²) in [7, 11) is 0. The quantitative estimate of drug-likeness (QED) is 0.786. The summed E-state index contributed by atoms with van der Waals surface area (Å²) in [6.45, 7) is 0.667. The van der Waals surface area contributed by atoms with E-state index < -0.39 is 12.1 Å². The van der Waals surface area contributed by atoms with E-state index in [1.807, 2.05) is 6.26 Å². The lowest BCUT2D eigenvalue weighted by atomic mass is 10.1. The van der Waals surface area contributed by atoms with Gasteiger partial charge in [0.2, 0.25) is 0 Å². The normalized spacial score (nSPS) is 18.2. The molecule has 6 nitrogen and oxygen atoms in total. The number of hydrogen-bond donors (Lipinski definition) is 0. The van der Waals surface area contributed by atoms with Crippen LogP contribution in [0.3, 0.4) is 0 Å². The average Bonchev–Trinajstić information content (AvgIpc) is 3.22. The van der Waals surface area contributed by atoms with Crippen LogP contribution >= 0.6 is 11.8 Å². The molecule has 128 valence electrons. The van der Waals surface area contributed by atoms with Gasteiger partial charge in [-0.2, -0.15) is 18.2 Å². The van der Waals surface area contributed by atoms with E-state index in [0.717, 1.165) is 0 Å². The Morgan fingerprint density at radius 3 is 2.92 bits per heavy atom. The molecule has 1 aliphatic rings. The lowest BCUT2D eigenvalue weighted by Gasteiger charge is -2.17. The molecule has 0 radical (unpaired) electrons. The molecule has 24 heavy (non-hydrogen) atoms. The SMILES string of the molecule is CSc1ncccc1C(=O)N1CCC(c2noc(C(F)(F)F)n2)C1. The van der Waals surface area contributed by atoms with Gasteiger partial charge in [-0.15, -0.1) is 11.8 Å². The third kappa shape index (κ3) is 3.23. The van der Waals surface area contributed by atoms with Gasteiger partial charge in [-0.25, -0.2) is 4.98 Å². The van der Waals surface area contributed by atoms with Crippen LogP contribution in [-0.2, 0) is 6.18 Å². The van der Waals surface area contributed by atoms with Crippen LogP contribution in [0, 0.1) is 0 Å². The molecule has 3 heterocycles. The fraction of sp³-hybridized carbons (Fsp3) is 0.429. The Bertz CT molecular complexity index is 750. The predicted octanol–water partition coefficient (Wildman–Crippen LogP) is 2.84. The minimum Gasteiger partial charge on any atom is -0.338 e. The highest BCUT2D eigenvalue weighted by Gasteiger charge is 2.40. The molecule has 1 amide bonds. The number of amides is 1. The molecular weight excluding hydrogens is 345 g/mol. The van der Waals surface area contributed by atoms with Gasteiger partial charge in [-0.1, -0.05) is 5.16 Å². The number of thioether (sulfide) groups is 1. The summed E-state index contributed by atoms with van der Waals surface area (Å²) in [5.41, 5.74) is 0.481. The van der Waals surface area contributed by atoms with Crippen molar-refractivity contribution in [3.8, 4) is 0 Å². The number of alkyl halides is 3. The van der Waals surface area contributed by atoms with Gasteiger partial charge in [0.25, 0.3) is 5.91 Å². The van der Waals surface area contributed by atoms with Gasteiger partial charge in [-0.05, 0) is 24.8 Å². The highest BCUT2D eigenvalue weighted by Crippen LogP contribution is 2.32. The van der Waals surface area contributed by atoms with Crippen LogP contribution < -0.4 is 0 Å². The molecule has 1 unspecified atom stereocenters. The molecule has 3 rings (SSSR count). The van der Waals surface area contributed by atoms with Gasteiger partial charge in [0, 0.05) is 25.2 Å². The van der Waals surface area contributed by atoms with Crippen molar-refractivity contribution in [1.29, 1.82) is 0 Å². The third-order valence-electron chi connectivity index (χ3n) is 3.72. The van der Waals surface area contributed by atoms with Crippen molar-refractivity contribution in [2.75, 3.05) is 19.3 Å². The van der Waals surface area contributed by atoms with Crippen molar-refractivity contribution in [2.45, 2.75) is 23.5 Å². The number of pyridine rings is 1. The molecule has 2 aromatic rings. The van der Waals surface area contributed by atoms with E-state index in [2.05, 4.69) is 19.6 Å². The Morgan fingerprint density at radius 1 is 1.46 bits per heavy atom. The summed E-state index contributed by atoms with van der Waals surface area (Å²) in [6.07, 6.45) is -0.753. The number of likely N-dealkylation sites (tertiary alicyclic amines) is 1. The summed E-state index contributed by atoms with van der Waals surface area (Å²) in [4.78, 5) is 21.7. The zero-order valence-electron chi connectivity index (χ0n) is 12.6. The molecule has 10 heteroatoms. The molecule has 2 aromatic heterocycles. The average molecular weight is 358 g/mol. The van der Waals surface area contributed by atoms with E-state index in [-0.39, 0.29) is 24.2 Å². The molecule has 1 atom stereocenters. The van der Waals surface area contributed by atoms with Crippen LogP contribution in [0.2, 0.25) is 0 Å². The number of nitrogens with zero attached hydrogens (tertiary/aromatic N) is 4. The summed E-state index contributed by atoms with van der Waals surface area (Å²) in [5.74, 6) is -1.95. The van der Waals surface area contributed by atoms with Crippen LogP contribution in [-0.4, -0.2) is 45.3 Å². The molecule has 0 aromatic carbocycles. The number of hydrogen-bond acceptors (Lipinski definition) is 6. The van der Waals surface area contributed by atoms with Crippen LogP contribution in [0.25, 0.3) is 0 Å². The van der Waals surface area contributed by atoms with E-state index in [4.69, 9.17) is 0 Å². The topological polar surface area (TPSA) is 72.1 Å². The summed E-state index contributed by atoms with van der Waals surface area (Å²) in [5, 5.41) is 4.02. The fourth-order valence-electron chi connectivity index (χ4n) is 2.56. The second-order valence-corrected chi connectivity index (χ2v) is 6.05. The standard InChI is InChI=1S/C14H13F3N4O2S/c1-24-11-9(3-2-5-18-11)12(22)21-6-4-8(7-21)10-19-13(23-20-10)14(15,16)17/h2-3,5,8H,4,6-7H2,1H3. The third-order valence-corrected chi connectivity index (χ3v) is 4.43. The first-order valence-corrected chi connectivity index (χ1v) is 8.31. The maximum atomic E-state index is 12.6. The largest absolute Gasteiger partial charge is 0.471 e. The number of aromatic nitrogens is 3. The van der Waals surface area contributed by atoms with Gasteiger partial charge in [-0.3, -0.25) is 4.79 Å². The van der Waals surface area contributed by atoms with Gasteiger partial charge in [0.05, 0.1) is 5.56 Å². The molecule has 1 fully saturated rings. The Labute approximate surface area is 139 Å². The summed E-state index contributed by atoms with van der Waals surface area (Å²) in [6, 6.07) is 3.36. The van der Waals surface area contributed by atoms with Crippen LogP contribution in [0.4, 0.5) is 13.2 Å². The van der Waals surface area contributed by atoms with Crippen molar-refractivity contribution in [1.82, 2.24) is 20.0 Å². The first-order chi connectivity index (χ1) is 11.4. The minimum absolute atomic E-state index is 0.0195. The van der Waals surface area contributed by atoms with Crippen molar-refractivity contribution >= 4 is 17.7 Å². The van der Waals surface area contributed by atoms with E-state index in [0.29, 0.717) is 23.6 Å². The minimum atomic E-state index is -4.66. The van der Waals surface area contributed by atoms with E-state index >= 15 is 0 Å². The molecule has 0 aliphatic carbocycles. The molecular formula is C14H13F3N4O2S. The maximum absolute atomic E-state index is 12.6. The zero-order valence-corrected chi connectivity index (χ0v) is 13.4. The Morgan fingerprint density at radius 2 is 2.25 bits per heavy atom. The van der Waals surface area contributed by atoms with Crippen molar-refractivity contribution in [3.63, 3.8) is 0 Å². The van der Waals surface area contributed by atoms with Gasteiger partial charge >= 0.3 is 12.1 Å². The zero-order chi connectivity index (χ0) is 17.3. The number of halogens is 3. The highest BCUT2D eigenvalue weighted by atomic mass is 32.2.